The number of hydrogen-bond donors (Lipinski definition) is 0. The van der Waals surface area contributed by atoms with Gasteiger partial charge in [-0.3, -0.25) is 4.98 Å². The molecule has 4 aromatic rings. The van der Waals surface area contributed by atoms with Crippen molar-refractivity contribution >= 4 is 22.0 Å². The van der Waals surface area contributed by atoms with Gasteiger partial charge in [-0.1, -0.05) is 30.3 Å². The first-order valence-electron chi connectivity index (χ1n) is 6.96. The quantitative estimate of drug-likeness (QED) is 0.506. The largest absolute Gasteiger partial charge is 0.435 e. The van der Waals surface area contributed by atoms with Crippen LogP contribution in [0, 0.1) is 13.8 Å². The fourth-order valence-corrected chi connectivity index (χ4v) is 2.66. The highest BCUT2D eigenvalue weighted by Gasteiger charge is 2.15. The van der Waals surface area contributed by atoms with E-state index in [0.29, 0.717) is 5.89 Å². The molecule has 2 aromatic carbocycles. The van der Waals surface area contributed by atoms with Crippen LogP contribution >= 0.6 is 0 Å². The van der Waals surface area contributed by atoms with Gasteiger partial charge in [-0.25, -0.2) is 4.98 Å². The maximum Gasteiger partial charge on any atom is 0.227 e. The molecule has 3 nitrogen and oxygen atoms in total. The minimum absolute atomic E-state index is 0.643. The molecule has 0 aliphatic rings. The molecule has 2 heterocycles. The lowest BCUT2D eigenvalue weighted by atomic mass is 10.1. The molecule has 4 rings (SSSR count). The van der Waals surface area contributed by atoms with Crippen molar-refractivity contribution in [2.75, 3.05) is 0 Å². The van der Waals surface area contributed by atoms with Gasteiger partial charge in [0.15, 0.2) is 5.58 Å². The van der Waals surface area contributed by atoms with Crippen molar-refractivity contribution < 1.29 is 4.42 Å². The van der Waals surface area contributed by atoms with Gasteiger partial charge in [0.2, 0.25) is 5.89 Å². The molecule has 0 bridgehead atoms. The minimum Gasteiger partial charge on any atom is -0.435 e. The maximum absolute atomic E-state index is 6.05. The monoisotopic (exact) mass is 274 g/mol. The van der Waals surface area contributed by atoms with Gasteiger partial charge in [0.05, 0.1) is 11.2 Å². The second-order valence-electron chi connectivity index (χ2n) is 5.23. The molecule has 0 radical (unpaired) electrons. The van der Waals surface area contributed by atoms with E-state index in [9.17, 15) is 0 Å². The standard InChI is InChI=1S/C18H14N2O/c1-11-7-6-10-14-15(11)19-12(2)16-17(14)21-18(20-16)13-8-4-3-5-9-13/h3-10H,1-2H3. The first-order valence-corrected chi connectivity index (χ1v) is 6.96. The molecule has 0 N–H and O–H groups in total. The first kappa shape index (κ1) is 12.1. The predicted molar refractivity (Wildman–Crippen MR) is 84.2 cm³/mol. The Labute approximate surface area is 122 Å². The zero-order chi connectivity index (χ0) is 14.4. The molecule has 0 amide bonds. The van der Waals surface area contributed by atoms with E-state index in [1.54, 1.807) is 0 Å². The third-order valence-corrected chi connectivity index (χ3v) is 3.75. The number of benzene rings is 2. The number of aromatic nitrogens is 2. The lowest BCUT2D eigenvalue weighted by Crippen LogP contribution is -1.88. The summed E-state index contributed by atoms with van der Waals surface area (Å²) in [4.78, 5) is 9.32. The zero-order valence-corrected chi connectivity index (χ0v) is 11.9. The van der Waals surface area contributed by atoms with E-state index in [4.69, 9.17) is 4.42 Å². The average Bonchev–Trinajstić information content (AvgIpc) is 2.96. The Morgan fingerprint density at radius 1 is 0.810 bits per heavy atom. The molecule has 0 atom stereocenters. The van der Waals surface area contributed by atoms with Crippen molar-refractivity contribution in [1.29, 1.82) is 0 Å². The highest BCUT2D eigenvalue weighted by molar-refractivity contribution is 6.03. The molecule has 0 spiro atoms. The Bertz CT molecular complexity index is 955. The Kier molecular flexibility index (Phi) is 2.54. The lowest BCUT2D eigenvalue weighted by molar-refractivity contribution is 0.623. The number of nitrogens with zero attached hydrogens (tertiary/aromatic N) is 2. The maximum atomic E-state index is 6.05. The molecule has 102 valence electrons. The Morgan fingerprint density at radius 2 is 1.62 bits per heavy atom. The van der Waals surface area contributed by atoms with E-state index < -0.39 is 0 Å². The number of fused-ring (bicyclic) bond motifs is 3. The number of pyridine rings is 1. The van der Waals surface area contributed by atoms with Gasteiger partial charge in [0.25, 0.3) is 0 Å². The highest BCUT2D eigenvalue weighted by Crippen LogP contribution is 2.31. The number of aryl methyl sites for hydroxylation is 2. The lowest BCUT2D eigenvalue weighted by Gasteiger charge is -2.02. The Morgan fingerprint density at radius 3 is 2.43 bits per heavy atom. The highest BCUT2D eigenvalue weighted by atomic mass is 16.3. The van der Waals surface area contributed by atoms with Gasteiger partial charge in [0.1, 0.15) is 5.52 Å². The van der Waals surface area contributed by atoms with Crippen molar-refractivity contribution in [3.05, 3.63) is 59.8 Å². The molecular formula is C18H14N2O. The van der Waals surface area contributed by atoms with Crippen LogP contribution in [0.2, 0.25) is 0 Å². The summed E-state index contributed by atoms with van der Waals surface area (Å²) in [5, 5.41) is 1.02. The Hall–Kier alpha value is -2.68. The van der Waals surface area contributed by atoms with Gasteiger partial charge in [0, 0.05) is 10.9 Å². The van der Waals surface area contributed by atoms with Crippen LogP contribution < -0.4 is 0 Å². The first-order chi connectivity index (χ1) is 10.2. The zero-order valence-electron chi connectivity index (χ0n) is 11.9. The van der Waals surface area contributed by atoms with Crippen LogP contribution in [0.1, 0.15) is 11.3 Å². The number of oxazole rings is 1. The van der Waals surface area contributed by atoms with Gasteiger partial charge in [-0.05, 0) is 37.6 Å². The summed E-state index contributed by atoms with van der Waals surface area (Å²) in [5.74, 6) is 0.643. The second kappa shape index (κ2) is 4.42. The summed E-state index contributed by atoms with van der Waals surface area (Å²) in [6, 6.07) is 16.1. The molecule has 0 unspecified atom stereocenters. The van der Waals surface area contributed by atoms with Crippen molar-refractivity contribution in [3.63, 3.8) is 0 Å². The van der Waals surface area contributed by atoms with E-state index in [-0.39, 0.29) is 0 Å². The van der Waals surface area contributed by atoms with Crippen molar-refractivity contribution in [3.8, 4) is 11.5 Å². The second-order valence-corrected chi connectivity index (χ2v) is 5.23. The summed E-state index contributed by atoms with van der Waals surface area (Å²) in [6.07, 6.45) is 0. The fourth-order valence-electron chi connectivity index (χ4n) is 2.66. The molecule has 0 aliphatic heterocycles. The Balaban J connectivity index is 2.10. The molecule has 0 aliphatic carbocycles. The molecule has 3 heteroatoms. The molecule has 0 fully saturated rings. The molecular weight excluding hydrogens is 260 g/mol. The van der Waals surface area contributed by atoms with Crippen LogP contribution in [0.3, 0.4) is 0 Å². The van der Waals surface area contributed by atoms with Gasteiger partial charge in [-0.15, -0.1) is 0 Å². The third kappa shape index (κ3) is 1.82. The fraction of sp³-hybridized carbons (Fsp3) is 0.111. The molecule has 0 saturated carbocycles. The van der Waals surface area contributed by atoms with E-state index in [1.165, 1.54) is 0 Å². The van der Waals surface area contributed by atoms with E-state index >= 15 is 0 Å². The normalized spacial score (nSPS) is 11.3. The van der Waals surface area contributed by atoms with Crippen LogP contribution in [-0.4, -0.2) is 9.97 Å². The van der Waals surface area contributed by atoms with Crippen molar-refractivity contribution in [2.45, 2.75) is 13.8 Å². The summed E-state index contributed by atoms with van der Waals surface area (Å²) >= 11 is 0. The summed E-state index contributed by atoms with van der Waals surface area (Å²) in [5.41, 5.74) is 5.67. The summed E-state index contributed by atoms with van der Waals surface area (Å²) in [7, 11) is 0. The van der Waals surface area contributed by atoms with Crippen LogP contribution in [-0.2, 0) is 0 Å². The van der Waals surface area contributed by atoms with Crippen LogP contribution in [0.15, 0.2) is 52.9 Å². The smallest absolute Gasteiger partial charge is 0.227 e. The van der Waals surface area contributed by atoms with E-state index in [2.05, 4.69) is 23.0 Å². The summed E-state index contributed by atoms with van der Waals surface area (Å²) < 4.78 is 6.05. The topological polar surface area (TPSA) is 38.9 Å². The van der Waals surface area contributed by atoms with Crippen molar-refractivity contribution in [2.24, 2.45) is 0 Å². The van der Waals surface area contributed by atoms with E-state index in [0.717, 1.165) is 38.8 Å². The van der Waals surface area contributed by atoms with Crippen LogP contribution in [0.4, 0.5) is 0 Å². The number of rotatable bonds is 1. The molecule has 21 heavy (non-hydrogen) atoms. The SMILES string of the molecule is Cc1cccc2c1nc(C)c1nc(-c3ccccc3)oc12. The minimum atomic E-state index is 0.643. The third-order valence-electron chi connectivity index (χ3n) is 3.75. The van der Waals surface area contributed by atoms with E-state index in [1.807, 2.05) is 49.4 Å². The van der Waals surface area contributed by atoms with Crippen molar-refractivity contribution in [1.82, 2.24) is 9.97 Å². The predicted octanol–water partition coefficient (Wildman–Crippen LogP) is 4.66. The molecule has 0 saturated heterocycles. The molecule has 2 aromatic heterocycles. The van der Waals surface area contributed by atoms with Gasteiger partial charge < -0.3 is 4.42 Å². The average molecular weight is 274 g/mol. The van der Waals surface area contributed by atoms with Gasteiger partial charge in [-0.2, -0.15) is 0 Å². The van der Waals surface area contributed by atoms with Crippen LogP contribution in [0.25, 0.3) is 33.5 Å². The van der Waals surface area contributed by atoms with Crippen LogP contribution in [0.5, 0.6) is 0 Å². The number of hydrogen-bond acceptors (Lipinski definition) is 3. The van der Waals surface area contributed by atoms with Gasteiger partial charge >= 0.3 is 0 Å². The number of para-hydroxylation sites is 1. The summed E-state index contributed by atoms with van der Waals surface area (Å²) in [6.45, 7) is 4.04.